The predicted octanol–water partition coefficient (Wildman–Crippen LogP) is 2.51. The fourth-order valence-electron chi connectivity index (χ4n) is 1.66. The summed E-state index contributed by atoms with van der Waals surface area (Å²) in [6, 6.07) is 4.61. The summed E-state index contributed by atoms with van der Waals surface area (Å²) in [6.45, 7) is 3.09. The largest absolute Gasteiger partial charge is 0.294 e. The molecule has 0 aliphatic heterocycles. The van der Waals surface area contributed by atoms with Crippen molar-refractivity contribution in [1.29, 1.82) is 5.26 Å². The van der Waals surface area contributed by atoms with Crippen LogP contribution in [0.2, 0.25) is 0 Å². The van der Waals surface area contributed by atoms with Gasteiger partial charge >= 0.3 is 0 Å². The number of ketones is 1. The van der Waals surface area contributed by atoms with Crippen molar-refractivity contribution in [3.63, 3.8) is 0 Å². The quantitative estimate of drug-likeness (QED) is 0.650. The highest BCUT2D eigenvalue weighted by Crippen LogP contribution is 2.22. The second kappa shape index (κ2) is 4.41. The molecule has 90 valence electrons. The van der Waals surface area contributed by atoms with Gasteiger partial charge in [-0.25, -0.2) is 4.39 Å². The Morgan fingerprint density at radius 3 is 2.89 bits per heavy atom. The molecule has 4 nitrogen and oxygen atoms in total. The van der Waals surface area contributed by atoms with E-state index in [0.29, 0.717) is 5.52 Å². The van der Waals surface area contributed by atoms with Crippen LogP contribution in [-0.2, 0) is 4.79 Å². The molecule has 0 unspecified atom stereocenters. The molecule has 0 fully saturated rings. The number of nitrogens with zero attached hydrogens (tertiary/aromatic N) is 2. The molecule has 0 atom stereocenters. The van der Waals surface area contributed by atoms with Crippen LogP contribution in [0.25, 0.3) is 17.0 Å². The topological polar surface area (TPSA) is 69.5 Å². The Labute approximate surface area is 103 Å². The van der Waals surface area contributed by atoms with Gasteiger partial charge in [0.05, 0.1) is 11.1 Å². The number of carbonyl (C=O) groups is 1. The third-order valence-electron chi connectivity index (χ3n) is 2.66. The zero-order valence-corrected chi connectivity index (χ0v) is 9.91. The van der Waals surface area contributed by atoms with Gasteiger partial charge in [0.1, 0.15) is 11.9 Å². The Hall–Kier alpha value is -2.48. The average Bonchev–Trinajstić information content (AvgIpc) is 2.67. The van der Waals surface area contributed by atoms with Gasteiger partial charge in [-0.3, -0.25) is 9.89 Å². The molecule has 1 heterocycles. The van der Waals surface area contributed by atoms with Gasteiger partial charge in [-0.1, -0.05) is 0 Å². The lowest BCUT2D eigenvalue weighted by Gasteiger charge is -1.99. The minimum absolute atomic E-state index is 0.0746. The Balaban J connectivity index is 2.64. The Morgan fingerprint density at radius 1 is 1.56 bits per heavy atom. The molecule has 1 aromatic carbocycles. The van der Waals surface area contributed by atoms with Crippen molar-refractivity contribution in [1.82, 2.24) is 10.2 Å². The number of benzene rings is 1. The molecule has 0 amide bonds. The van der Waals surface area contributed by atoms with Crippen molar-refractivity contribution in [3.05, 3.63) is 34.8 Å². The number of rotatable bonds is 2. The summed E-state index contributed by atoms with van der Waals surface area (Å²) in [5, 5.41) is 16.3. The molecule has 0 bridgehead atoms. The highest BCUT2D eigenvalue weighted by molar-refractivity contribution is 6.02. The maximum atomic E-state index is 13.8. The van der Waals surface area contributed by atoms with Gasteiger partial charge in [0.25, 0.3) is 0 Å². The number of nitrogens with one attached hydrogen (secondary N) is 1. The lowest BCUT2D eigenvalue weighted by atomic mass is 10.1. The summed E-state index contributed by atoms with van der Waals surface area (Å²) in [5.41, 5.74) is 1.46. The number of nitriles is 1. The van der Waals surface area contributed by atoms with Crippen LogP contribution in [0.5, 0.6) is 0 Å². The number of halogens is 1. The van der Waals surface area contributed by atoms with E-state index in [4.69, 9.17) is 5.26 Å². The van der Waals surface area contributed by atoms with E-state index in [-0.39, 0.29) is 16.9 Å². The molecule has 2 aromatic rings. The SMILES string of the molecule is CC(=O)/C(C#N)=C/c1cc2c(C)[nH]nc2cc1F. The van der Waals surface area contributed by atoms with Crippen molar-refractivity contribution < 1.29 is 9.18 Å². The van der Waals surface area contributed by atoms with E-state index in [1.807, 2.05) is 6.92 Å². The highest BCUT2D eigenvalue weighted by atomic mass is 19.1. The number of allylic oxidation sites excluding steroid dienone is 1. The van der Waals surface area contributed by atoms with Crippen LogP contribution in [0, 0.1) is 24.1 Å². The molecule has 0 aliphatic carbocycles. The Morgan fingerprint density at radius 2 is 2.28 bits per heavy atom. The third kappa shape index (κ3) is 2.00. The van der Waals surface area contributed by atoms with Crippen LogP contribution < -0.4 is 0 Å². The number of aromatic nitrogens is 2. The summed E-state index contributed by atoms with van der Waals surface area (Å²) in [5.74, 6) is -0.899. The molecule has 2 rings (SSSR count). The first-order valence-corrected chi connectivity index (χ1v) is 5.30. The standard InChI is InChI=1S/C13H10FN3O/c1-7-11-4-9(3-10(6-15)8(2)18)12(14)5-13(11)17-16-7/h3-5H,1-2H3,(H,16,17)/b10-3+. The van der Waals surface area contributed by atoms with E-state index >= 15 is 0 Å². The first kappa shape index (κ1) is 12.0. The number of hydrogen-bond donors (Lipinski definition) is 1. The minimum Gasteiger partial charge on any atom is -0.294 e. The second-order valence-corrected chi connectivity index (χ2v) is 3.97. The lowest BCUT2D eigenvalue weighted by molar-refractivity contribution is -0.113. The number of carbonyl (C=O) groups excluding carboxylic acids is 1. The summed E-state index contributed by atoms with van der Waals surface area (Å²) in [4.78, 5) is 11.1. The molecule has 1 N–H and O–H groups in total. The molecule has 0 saturated carbocycles. The first-order chi connectivity index (χ1) is 8.52. The summed E-state index contributed by atoms with van der Waals surface area (Å²) < 4.78 is 13.8. The van der Waals surface area contributed by atoms with Gasteiger partial charge in [0, 0.05) is 22.7 Å². The third-order valence-corrected chi connectivity index (χ3v) is 2.66. The fraction of sp³-hybridized carbons (Fsp3) is 0.154. The molecule has 0 spiro atoms. The van der Waals surface area contributed by atoms with Crippen LogP contribution in [0.1, 0.15) is 18.2 Å². The maximum Gasteiger partial charge on any atom is 0.170 e. The smallest absolute Gasteiger partial charge is 0.170 e. The van der Waals surface area contributed by atoms with Crippen molar-refractivity contribution >= 4 is 22.8 Å². The zero-order chi connectivity index (χ0) is 13.3. The summed E-state index contributed by atoms with van der Waals surface area (Å²) in [7, 11) is 0. The van der Waals surface area contributed by atoms with Crippen LogP contribution in [-0.4, -0.2) is 16.0 Å². The van der Waals surface area contributed by atoms with E-state index in [0.717, 1.165) is 11.1 Å². The number of H-pyrrole nitrogens is 1. The van der Waals surface area contributed by atoms with Crippen molar-refractivity contribution in [2.24, 2.45) is 0 Å². The molecule has 18 heavy (non-hydrogen) atoms. The molecule has 5 heteroatoms. The van der Waals surface area contributed by atoms with E-state index in [1.54, 1.807) is 12.1 Å². The molecule has 0 aliphatic rings. The van der Waals surface area contributed by atoms with Crippen molar-refractivity contribution in [3.8, 4) is 6.07 Å². The number of fused-ring (bicyclic) bond motifs is 1. The minimum atomic E-state index is -0.511. The number of Topliss-reactive ketones (excluding diaryl/α,β-unsaturated/α-hetero) is 1. The van der Waals surface area contributed by atoms with Crippen molar-refractivity contribution in [2.75, 3.05) is 0 Å². The fourth-order valence-corrected chi connectivity index (χ4v) is 1.66. The number of aromatic amines is 1. The van der Waals surface area contributed by atoms with Gasteiger partial charge in [-0.15, -0.1) is 0 Å². The monoisotopic (exact) mass is 243 g/mol. The molecular weight excluding hydrogens is 233 g/mol. The van der Waals surface area contributed by atoms with Crippen LogP contribution in [0.4, 0.5) is 4.39 Å². The lowest BCUT2D eigenvalue weighted by Crippen LogP contribution is -1.94. The molecule has 0 saturated heterocycles. The molecule has 0 radical (unpaired) electrons. The van der Waals surface area contributed by atoms with E-state index in [2.05, 4.69) is 10.2 Å². The predicted molar refractivity (Wildman–Crippen MR) is 65.1 cm³/mol. The van der Waals surface area contributed by atoms with Crippen LogP contribution >= 0.6 is 0 Å². The average molecular weight is 243 g/mol. The summed E-state index contributed by atoms with van der Waals surface area (Å²) in [6.07, 6.45) is 1.25. The van der Waals surface area contributed by atoms with E-state index in [9.17, 15) is 9.18 Å². The van der Waals surface area contributed by atoms with E-state index < -0.39 is 5.82 Å². The zero-order valence-electron chi connectivity index (χ0n) is 9.91. The molecular formula is C13H10FN3O. The number of aryl methyl sites for hydroxylation is 1. The molecule has 1 aromatic heterocycles. The maximum absolute atomic E-state index is 13.8. The van der Waals surface area contributed by atoms with Gasteiger partial charge in [0.2, 0.25) is 0 Å². The van der Waals surface area contributed by atoms with Crippen LogP contribution in [0.15, 0.2) is 17.7 Å². The van der Waals surface area contributed by atoms with Gasteiger partial charge in [-0.05, 0) is 26.0 Å². The Kier molecular flexibility index (Phi) is 2.94. The number of hydrogen-bond acceptors (Lipinski definition) is 3. The Bertz CT molecular complexity index is 707. The van der Waals surface area contributed by atoms with Gasteiger partial charge < -0.3 is 0 Å². The highest BCUT2D eigenvalue weighted by Gasteiger charge is 2.09. The van der Waals surface area contributed by atoms with Crippen molar-refractivity contribution in [2.45, 2.75) is 13.8 Å². The summed E-state index contributed by atoms with van der Waals surface area (Å²) >= 11 is 0. The second-order valence-electron chi connectivity index (χ2n) is 3.97. The normalized spacial score (nSPS) is 11.6. The van der Waals surface area contributed by atoms with Crippen LogP contribution in [0.3, 0.4) is 0 Å². The van der Waals surface area contributed by atoms with E-state index in [1.165, 1.54) is 19.1 Å². The van der Waals surface area contributed by atoms with Gasteiger partial charge in [0.15, 0.2) is 5.78 Å². The first-order valence-electron chi connectivity index (χ1n) is 5.30. The van der Waals surface area contributed by atoms with Gasteiger partial charge in [-0.2, -0.15) is 10.4 Å².